The van der Waals surface area contributed by atoms with E-state index in [4.69, 9.17) is 9.47 Å². The van der Waals surface area contributed by atoms with Crippen molar-refractivity contribution in [1.29, 1.82) is 0 Å². The van der Waals surface area contributed by atoms with Crippen molar-refractivity contribution in [3.05, 3.63) is 0 Å². The van der Waals surface area contributed by atoms with Crippen molar-refractivity contribution >= 4 is 6.09 Å². The zero-order chi connectivity index (χ0) is 12.2. The van der Waals surface area contributed by atoms with E-state index in [1.165, 1.54) is 0 Å². The van der Waals surface area contributed by atoms with E-state index >= 15 is 0 Å². The van der Waals surface area contributed by atoms with Crippen molar-refractivity contribution in [2.45, 2.75) is 58.8 Å². The molecule has 0 bridgehead atoms. The highest BCUT2D eigenvalue weighted by Gasteiger charge is 2.30. The average Bonchev–Trinajstić information content (AvgIpc) is 2.16. The molecule has 94 valence electrons. The van der Waals surface area contributed by atoms with Crippen LogP contribution >= 0.6 is 0 Å². The minimum absolute atomic E-state index is 0.103. The summed E-state index contributed by atoms with van der Waals surface area (Å²) >= 11 is 0. The van der Waals surface area contributed by atoms with Crippen LogP contribution in [0.25, 0.3) is 0 Å². The van der Waals surface area contributed by atoms with Crippen LogP contribution in [0.4, 0.5) is 4.79 Å². The predicted octanol–water partition coefficient (Wildman–Crippen LogP) is 2.77. The Labute approximate surface area is 97.9 Å². The quantitative estimate of drug-likeness (QED) is 0.731. The van der Waals surface area contributed by atoms with Crippen molar-refractivity contribution in [3.63, 3.8) is 0 Å². The van der Waals surface area contributed by atoms with Gasteiger partial charge in [-0.05, 0) is 47.0 Å². The number of ether oxygens (including phenoxy) is 2. The van der Waals surface area contributed by atoms with Crippen LogP contribution in [0.15, 0.2) is 0 Å². The molecule has 1 saturated heterocycles. The third kappa shape index (κ3) is 4.00. The molecule has 1 aliphatic rings. The van der Waals surface area contributed by atoms with Gasteiger partial charge in [0.2, 0.25) is 0 Å². The van der Waals surface area contributed by atoms with Gasteiger partial charge in [-0.2, -0.15) is 0 Å². The molecule has 0 spiro atoms. The first kappa shape index (κ1) is 13.3. The molecule has 1 heterocycles. The Morgan fingerprint density at radius 2 is 2.06 bits per heavy atom. The van der Waals surface area contributed by atoms with Gasteiger partial charge in [0.25, 0.3) is 0 Å². The molecule has 0 N–H and O–H groups in total. The van der Waals surface area contributed by atoms with Crippen LogP contribution in [0.5, 0.6) is 0 Å². The Hall–Kier alpha value is -0.770. The van der Waals surface area contributed by atoms with Crippen LogP contribution in [0, 0.1) is 0 Å². The second kappa shape index (κ2) is 5.53. The van der Waals surface area contributed by atoms with Crippen LogP contribution in [-0.2, 0) is 9.47 Å². The minimum atomic E-state index is -0.439. The molecule has 1 amide bonds. The summed E-state index contributed by atoms with van der Waals surface area (Å²) in [5.74, 6) is 0. The summed E-state index contributed by atoms with van der Waals surface area (Å²) in [5.41, 5.74) is -0.439. The van der Waals surface area contributed by atoms with Gasteiger partial charge in [-0.3, -0.25) is 4.90 Å². The third-order valence-corrected chi connectivity index (χ3v) is 2.43. The fraction of sp³-hybridized carbons (Fsp3) is 0.917. The van der Waals surface area contributed by atoms with Crippen molar-refractivity contribution in [2.24, 2.45) is 0 Å². The Morgan fingerprint density at radius 3 is 2.62 bits per heavy atom. The maximum atomic E-state index is 11.9. The Balaban J connectivity index is 2.57. The smallest absolute Gasteiger partial charge is 0.412 e. The van der Waals surface area contributed by atoms with Gasteiger partial charge in [0.05, 0.1) is 0 Å². The molecule has 0 radical (unpaired) electrons. The summed E-state index contributed by atoms with van der Waals surface area (Å²) in [7, 11) is 0. The zero-order valence-electron chi connectivity index (χ0n) is 10.8. The maximum absolute atomic E-state index is 11.9. The van der Waals surface area contributed by atoms with Gasteiger partial charge in [-0.15, -0.1) is 0 Å². The molecule has 1 aliphatic heterocycles. The lowest BCUT2D eigenvalue weighted by Gasteiger charge is -2.36. The lowest BCUT2D eigenvalue weighted by atomic mass is 10.1. The first-order chi connectivity index (χ1) is 7.44. The molecule has 1 fully saturated rings. The van der Waals surface area contributed by atoms with Crippen LogP contribution < -0.4 is 0 Å². The standard InChI is InChI=1S/C12H23NO3/c1-5-15-10-8-6-7-9-13(10)11(14)16-12(2,3)4/h10H,5-9H2,1-4H3. The first-order valence-electron chi connectivity index (χ1n) is 6.05. The molecular formula is C12H23NO3. The van der Waals surface area contributed by atoms with E-state index < -0.39 is 5.60 Å². The predicted molar refractivity (Wildman–Crippen MR) is 62.2 cm³/mol. The molecule has 0 aliphatic carbocycles. The zero-order valence-corrected chi connectivity index (χ0v) is 10.8. The Kier molecular flexibility index (Phi) is 4.59. The second-order valence-corrected chi connectivity index (χ2v) is 5.08. The Bertz CT molecular complexity index is 233. The molecule has 0 aromatic carbocycles. The molecule has 1 unspecified atom stereocenters. The summed E-state index contributed by atoms with van der Waals surface area (Å²) in [6.07, 6.45) is 2.69. The highest BCUT2D eigenvalue weighted by atomic mass is 16.6. The van der Waals surface area contributed by atoms with Gasteiger partial charge in [0, 0.05) is 13.2 Å². The summed E-state index contributed by atoms with van der Waals surface area (Å²) < 4.78 is 10.9. The van der Waals surface area contributed by atoms with E-state index in [2.05, 4.69) is 0 Å². The number of rotatable bonds is 2. The number of likely N-dealkylation sites (tertiary alicyclic amines) is 1. The highest BCUT2D eigenvalue weighted by Crippen LogP contribution is 2.20. The highest BCUT2D eigenvalue weighted by molar-refractivity contribution is 5.68. The van der Waals surface area contributed by atoms with Crippen molar-refractivity contribution in [2.75, 3.05) is 13.2 Å². The Morgan fingerprint density at radius 1 is 1.38 bits per heavy atom. The number of nitrogens with zero attached hydrogens (tertiary/aromatic N) is 1. The summed E-state index contributed by atoms with van der Waals surface area (Å²) in [4.78, 5) is 13.6. The SMILES string of the molecule is CCOC1CCCCN1C(=O)OC(C)(C)C. The van der Waals surface area contributed by atoms with Gasteiger partial charge in [-0.1, -0.05) is 0 Å². The average molecular weight is 229 g/mol. The van der Waals surface area contributed by atoms with Gasteiger partial charge in [0.15, 0.2) is 0 Å². The van der Waals surface area contributed by atoms with Crippen LogP contribution in [-0.4, -0.2) is 36.0 Å². The normalized spacial score (nSPS) is 22.0. The monoisotopic (exact) mass is 229 g/mol. The molecule has 1 rings (SSSR count). The van der Waals surface area contributed by atoms with E-state index in [0.717, 1.165) is 25.8 Å². The number of hydrogen-bond donors (Lipinski definition) is 0. The van der Waals surface area contributed by atoms with E-state index in [9.17, 15) is 4.79 Å². The number of hydrogen-bond acceptors (Lipinski definition) is 3. The lowest BCUT2D eigenvalue weighted by Crippen LogP contribution is -2.47. The van der Waals surface area contributed by atoms with Gasteiger partial charge < -0.3 is 9.47 Å². The number of amides is 1. The number of carbonyl (C=O) groups excluding carboxylic acids is 1. The topological polar surface area (TPSA) is 38.8 Å². The van der Waals surface area contributed by atoms with Crippen LogP contribution in [0.3, 0.4) is 0 Å². The first-order valence-corrected chi connectivity index (χ1v) is 6.05. The molecule has 16 heavy (non-hydrogen) atoms. The molecule has 4 heteroatoms. The molecule has 4 nitrogen and oxygen atoms in total. The van der Waals surface area contributed by atoms with Crippen molar-refractivity contribution in [3.8, 4) is 0 Å². The van der Waals surface area contributed by atoms with Crippen molar-refractivity contribution < 1.29 is 14.3 Å². The summed E-state index contributed by atoms with van der Waals surface area (Å²) in [6.45, 7) is 8.95. The summed E-state index contributed by atoms with van der Waals surface area (Å²) in [6, 6.07) is 0. The second-order valence-electron chi connectivity index (χ2n) is 5.08. The molecule has 1 atom stereocenters. The number of carbonyl (C=O) groups is 1. The van der Waals surface area contributed by atoms with Crippen LogP contribution in [0.1, 0.15) is 47.0 Å². The molecule has 0 aromatic rings. The molecule has 0 aromatic heterocycles. The lowest BCUT2D eigenvalue weighted by molar-refractivity contribution is -0.0795. The van der Waals surface area contributed by atoms with Crippen LogP contribution in [0.2, 0.25) is 0 Å². The molecule has 0 saturated carbocycles. The van der Waals surface area contributed by atoms with E-state index in [1.54, 1.807) is 4.90 Å². The minimum Gasteiger partial charge on any atom is -0.444 e. The largest absolute Gasteiger partial charge is 0.444 e. The molecular weight excluding hydrogens is 206 g/mol. The van der Waals surface area contributed by atoms with Gasteiger partial charge in [0.1, 0.15) is 11.8 Å². The third-order valence-electron chi connectivity index (χ3n) is 2.43. The van der Waals surface area contributed by atoms with E-state index in [-0.39, 0.29) is 12.3 Å². The fourth-order valence-electron chi connectivity index (χ4n) is 1.80. The summed E-state index contributed by atoms with van der Waals surface area (Å²) in [5, 5.41) is 0. The van der Waals surface area contributed by atoms with Gasteiger partial charge >= 0.3 is 6.09 Å². The van der Waals surface area contributed by atoms with E-state index in [1.807, 2.05) is 27.7 Å². The van der Waals surface area contributed by atoms with Gasteiger partial charge in [-0.25, -0.2) is 4.79 Å². The van der Waals surface area contributed by atoms with Crippen molar-refractivity contribution in [1.82, 2.24) is 4.90 Å². The van der Waals surface area contributed by atoms with E-state index in [0.29, 0.717) is 6.61 Å². The fourth-order valence-corrected chi connectivity index (χ4v) is 1.80. The maximum Gasteiger partial charge on any atom is 0.412 e. The number of piperidine rings is 1.